The first kappa shape index (κ1) is 20.3. The molecule has 2 N–H and O–H groups in total. The number of pyridine rings is 1. The smallest absolute Gasteiger partial charge is 0.227 e. The number of primary amides is 1. The number of aromatic nitrogens is 1. The largest absolute Gasteiger partial charge is 0.369 e. The van der Waals surface area contributed by atoms with E-state index in [1.54, 1.807) is 23.7 Å². The van der Waals surface area contributed by atoms with Crippen molar-refractivity contribution in [1.29, 1.82) is 0 Å². The summed E-state index contributed by atoms with van der Waals surface area (Å²) < 4.78 is 0. The second kappa shape index (κ2) is 8.79. The van der Waals surface area contributed by atoms with Crippen LogP contribution < -0.4 is 5.73 Å². The molecule has 3 aromatic rings. The molecule has 1 aromatic carbocycles. The Balaban J connectivity index is 1.44. The molecule has 1 fully saturated rings. The molecule has 0 atom stereocenters. The van der Waals surface area contributed by atoms with Crippen molar-refractivity contribution < 1.29 is 9.59 Å². The van der Waals surface area contributed by atoms with Crippen molar-refractivity contribution in [2.45, 2.75) is 25.7 Å². The van der Waals surface area contributed by atoms with Gasteiger partial charge in [-0.15, -0.1) is 11.3 Å². The van der Waals surface area contributed by atoms with Gasteiger partial charge in [-0.25, -0.2) is 0 Å². The predicted molar refractivity (Wildman–Crippen MR) is 119 cm³/mol. The van der Waals surface area contributed by atoms with Gasteiger partial charge in [0.2, 0.25) is 11.8 Å². The maximum Gasteiger partial charge on any atom is 0.227 e. The molecule has 0 unspecified atom stereocenters. The first-order chi connectivity index (χ1) is 14.6. The second-order valence-electron chi connectivity index (χ2n) is 7.92. The Morgan fingerprint density at radius 1 is 1.07 bits per heavy atom. The SMILES string of the molecule is NC(=O)C1(Cc2cccc(-c3cccs3)c2)CCN(C(=O)Cc2cccnc2)CC1. The van der Waals surface area contributed by atoms with E-state index in [4.69, 9.17) is 5.73 Å². The Morgan fingerprint density at radius 3 is 2.53 bits per heavy atom. The normalized spacial score (nSPS) is 15.7. The average molecular weight is 420 g/mol. The maximum atomic E-state index is 12.7. The number of benzene rings is 1. The number of thiophene rings is 1. The van der Waals surface area contributed by atoms with E-state index in [1.807, 2.05) is 29.2 Å². The number of nitrogens with two attached hydrogens (primary N) is 1. The zero-order valence-corrected chi connectivity index (χ0v) is 17.6. The highest BCUT2D eigenvalue weighted by Gasteiger charge is 2.40. The molecule has 4 rings (SSSR count). The number of amides is 2. The zero-order chi connectivity index (χ0) is 21.0. The van der Waals surface area contributed by atoms with Crippen LogP contribution in [0, 0.1) is 5.41 Å². The quantitative estimate of drug-likeness (QED) is 0.662. The molecule has 2 amide bonds. The number of carbonyl (C=O) groups excluding carboxylic acids is 2. The molecular formula is C24H25N3O2S. The van der Waals surface area contributed by atoms with Crippen LogP contribution in [0.15, 0.2) is 66.3 Å². The van der Waals surface area contributed by atoms with Crippen LogP contribution in [0.2, 0.25) is 0 Å². The standard InChI is InChI=1S/C24H25N3O2S/c25-23(29)24(16-18-4-1-6-20(14-18)21-7-3-13-30-21)8-11-27(12-9-24)22(28)15-19-5-2-10-26-17-19/h1-7,10,13-14,17H,8-9,11-12,15-16H2,(H2,25,29). The fraction of sp³-hybridized carbons (Fsp3) is 0.292. The molecule has 0 aliphatic carbocycles. The van der Waals surface area contributed by atoms with Crippen LogP contribution in [0.4, 0.5) is 0 Å². The zero-order valence-electron chi connectivity index (χ0n) is 16.8. The molecule has 154 valence electrons. The topological polar surface area (TPSA) is 76.3 Å². The summed E-state index contributed by atoms with van der Waals surface area (Å²) in [6.07, 6.45) is 5.53. The van der Waals surface area contributed by atoms with E-state index < -0.39 is 5.41 Å². The molecule has 1 aliphatic heterocycles. The van der Waals surface area contributed by atoms with E-state index in [0.717, 1.165) is 16.7 Å². The molecule has 6 heteroatoms. The highest BCUT2D eigenvalue weighted by molar-refractivity contribution is 7.13. The van der Waals surface area contributed by atoms with E-state index in [1.165, 1.54) is 4.88 Å². The van der Waals surface area contributed by atoms with Crippen LogP contribution in [0.25, 0.3) is 10.4 Å². The van der Waals surface area contributed by atoms with Gasteiger partial charge in [-0.2, -0.15) is 0 Å². The summed E-state index contributed by atoms with van der Waals surface area (Å²) in [4.78, 5) is 32.3. The molecule has 5 nitrogen and oxygen atoms in total. The van der Waals surface area contributed by atoms with Crippen molar-refractivity contribution in [2.24, 2.45) is 11.1 Å². The van der Waals surface area contributed by atoms with Gasteiger partial charge in [-0.05, 0) is 53.5 Å². The average Bonchev–Trinajstić information content (AvgIpc) is 3.30. The monoisotopic (exact) mass is 419 g/mol. The highest BCUT2D eigenvalue weighted by Crippen LogP contribution is 2.36. The predicted octanol–water partition coefficient (Wildman–Crippen LogP) is 3.69. The lowest BCUT2D eigenvalue weighted by Gasteiger charge is -2.40. The van der Waals surface area contributed by atoms with Gasteiger partial charge in [0.25, 0.3) is 0 Å². The highest BCUT2D eigenvalue weighted by atomic mass is 32.1. The number of rotatable bonds is 6. The van der Waals surface area contributed by atoms with Crippen LogP contribution >= 0.6 is 11.3 Å². The minimum Gasteiger partial charge on any atom is -0.369 e. The van der Waals surface area contributed by atoms with Gasteiger partial charge in [0.1, 0.15) is 0 Å². The van der Waals surface area contributed by atoms with E-state index in [2.05, 4.69) is 34.6 Å². The van der Waals surface area contributed by atoms with Gasteiger partial charge < -0.3 is 10.6 Å². The summed E-state index contributed by atoms with van der Waals surface area (Å²) in [6.45, 7) is 1.10. The third-order valence-corrected chi connectivity index (χ3v) is 6.87. The van der Waals surface area contributed by atoms with Crippen molar-refractivity contribution in [2.75, 3.05) is 13.1 Å². The summed E-state index contributed by atoms with van der Waals surface area (Å²) in [5.74, 6) is -0.204. The number of hydrogen-bond donors (Lipinski definition) is 1. The van der Waals surface area contributed by atoms with E-state index in [-0.39, 0.29) is 11.8 Å². The second-order valence-corrected chi connectivity index (χ2v) is 8.87. The summed E-state index contributed by atoms with van der Waals surface area (Å²) in [6, 6.07) is 16.2. The van der Waals surface area contributed by atoms with Crippen LogP contribution in [-0.4, -0.2) is 34.8 Å². The summed E-state index contributed by atoms with van der Waals surface area (Å²) in [5, 5.41) is 2.06. The Kier molecular flexibility index (Phi) is 5.95. The van der Waals surface area contributed by atoms with Crippen molar-refractivity contribution >= 4 is 23.2 Å². The first-order valence-electron chi connectivity index (χ1n) is 10.2. The number of likely N-dealkylation sites (tertiary alicyclic amines) is 1. The Bertz CT molecular complexity index is 1010. The lowest BCUT2D eigenvalue weighted by atomic mass is 9.73. The van der Waals surface area contributed by atoms with Gasteiger partial charge in [0, 0.05) is 30.4 Å². The third kappa shape index (κ3) is 4.44. The summed E-state index contributed by atoms with van der Waals surface area (Å²) >= 11 is 1.70. The molecule has 0 bridgehead atoms. The van der Waals surface area contributed by atoms with Gasteiger partial charge in [-0.1, -0.05) is 36.4 Å². The molecule has 2 aromatic heterocycles. The molecule has 1 aliphatic rings. The minimum absolute atomic E-state index is 0.0702. The number of nitrogens with zero attached hydrogens (tertiary/aromatic N) is 2. The summed E-state index contributed by atoms with van der Waals surface area (Å²) in [5.41, 5.74) is 8.43. The molecule has 0 radical (unpaired) electrons. The molecule has 0 saturated carbocycles. The van der Waals surface area contributed by atoms with Crippen molar-refractivity contribution in [3.05, 3.63) is 77.4 Å². The Hall–Kier alpha value is -2.99. The van der Waals surface area contributed by atoms with Crippen LogP contribution in [-0.2, 0) is 22.4 Å². The van der Waals surface area contributed by atoms with Crippen LogP contribution in [0.3, 0.4) is 0 Å². The number of piperidine rings is 1. The van der Waals surface area contributed by atoms with Gasteiger partial charge in [0.15, 0.2) is 0 Å². The molecule has 1 saturated heterocycles. The lowest BCUT2D eigenvalue weighted by Crippen LogP contribution is -2.50. The molecular weight excluding hydrogens is 394 g/mol. The number of hydrogen-bond acceptors (Lipinski definition) is 4. The van der Waals surface area contributed by atoms with Crippen molar-refractivity contribution in [1.82, 2.24) is 9.88 Å². The van der Waals surface area contributed by atoms with E-state index in [9.17, 15) is 9.59 Å². The Morgan fingerprint density at radius 2 is 1.87 bits per heavy atom. The van der Waals surface area contributed by atoms with Crippen LogP contribution in [0.5, 0.6) is 0 Å². The summed E-state index contributed by atoms with van der Waals surface area (Å²) in [7, 11) is 0. The van der Waals surface area contributed by atoms with Crippen molar-refractivity contribution in [3.63, 3.8) is 0 Å². The van der Waals surface area contributed by atoms with Gasteiger partial charge in [-0.3, -0.25) is 14.6 Å². The van der Waals surface area contributed by atoms with Crippen molar-refractivity contribution in [3.8, 4) is 10.4 Å². The van der Waals surface area contributed by atoms with Gasteiger partial charge >= 0.3 is 0 Å². The fourth-order valence-electron chi connectivity index (χ4n) is 4.15. The first-order valence-corrected chi connectivity index (χ1v) is 11.0. The number of carbonyl (C=O) groups is 2. The maximum absolute atomic E-state index is 12.7. The lowest BCUT2D eigenvalue weighted by molar-refractivity contribution is -0.138. The fourth-order valence-corrected chi connectivity index (χ4v) is 4.88. The molecule has 0 spiro atoms. The minimum atomic E-state index is -0.612. The van der Waals surface area contributed by atoms with Gasteiger partial charge in [0.05, 0.1) is 11.8 Å². The Labute approximate surface area is 180 Å². The molecule has 3 heterocycles. The van der Waals surface area contributed by atoms with E-state index in [0.29, 0.717) is 38.8 Å². The van der Waals surface area contributed by atoms with E-state index >= 15 is 0 Å². The van der Waals surface area contributed by atoms with Crippen LogP contribution in [0.1, 0.15) is 24.0 Å². The molecule has 30 heavy (non-hydrogen) atoms. The third-order valence-electron chi connectivity index (χ3n) is 5.95.